The number of hydrogen-bond acceptors (Lipinski definition) is 3. The first-order chi connectivity index (χ1) is 9.65. The van der Waals surface area contributed by atoms with Gasteiger partial charge in [0.1, 0.15) is 6.17 Å². The maximum absolute atomic E-state index is 12.4. The van der Waals surface area contributed by atoms with E-state index in [1.165, 1.54) is 31.2 Å². The van der Waals surface area contributed by atoms with Gasteiger partial charge in [-0.05, 0) is 54.0 Å². The van der Waals surface area contributed by atoms with Crippen LogP contribution in [0.15, 0.2) is 16.8 Å². The first kappa shape index (κ1) is 14.1. The molecule has 0 spiro atoms. The molecule has 0 bridgehead atoms. The zero-order valence-electron chi connectivity index (χ0n) is 12.3. The zero-order valence-corrected chi connectivity index (χ0v) is 13.2. The summed E-state index contributed by atoms with van der Waals surface area (Å²) in [6.07, 6.45) is 5.27. The van der Waals surface area contributed by atoms with Crippen molar-refractivity contribution in [1.82, 2.24) is 10.2 Å². The molecule has 1 amide bonds. The van der Waals surface area contributed by atoms with Gasteiger partial charge in [-0.3, -0.25) is 10.1 Å². The molecule has 0 aromatic carbocycles. The molecule has 1 aromatic rings. The van der Waals surface area contributed by atoms with Gasteiger partial charge in [-0.25, -0.2) is 0 Å². The summed E-state index contributed by atoms with van der Waals surface area (Å²) in [6, 6.07) is 2.08. The van der Waals surface area contributed by atoms with Gasteiger partial charge in [-0.2, -0.15) is 11.3 Å². The topological polar surface area (TPSA) is 32.3 Å². The SMILES string of the molecule is CC1CCC(CN2C(=O)C(C)NC2c2ccsc2)CC1. The van der Waals surface area contributed by atoms with Crippen LogP contribution in [0.2, 0.25) is 0 Å². The van der Waals surface area contributed by atoms with E-state index in [1.54, 1.807) is 11.3 Å². The van der Waals surface area contributed by atoms with Crippen LogP contribution in [0.1, 0.15) is 51.3 Å². The number of nitrogens with zero attached hydrogens (tertiary/aromatic N) is 1. The second-order valence-electron chi connectivity index (χ2n) is 6.46. The minimum atomic E-state index is -0.0533. The Morgan fingerprint density at radius 2 is 2.05 bits per heavy atom. The summed E-state index contributed by atoms with van der Waals surface area (Å²) in [4.78, 5) is 14.5. The first-order valence-electron chi connectivity index (χ1n) is 7.73. The Hall–Kier alpha value is -0.870. The quantitative estimate of drug-likeness (QED) is 0.926. The van der Waals surface area contributed by atoms with Gasteiger partial charge in [0.25, 0.3) is 0 Å². The van der Waals surface area contributed by atoms with Crippen molar-refractivity contribution in [3.05, 3.63) is 22.4 Å². The third-order valence-electron chi connectivity index (χ3n) is 4.82. The number of carbonyl (C=O) groups is 1. The summed E-state index contributed by atoms with van der Waals surface area (Å²) >= 11 is 1.70. The molecule has 1 aliphatic carbocycles. The lowest BCUT2D eigenvalue weighted by atomic mass is 9.82. The molecule has 2 unspecified atom stereocenters. The molecule has 2 aliphatic rings. The molecular weight excluding hydrogens is 268 g/mol. The summed E-state index contributed by atoms with van der Waals surface area (Å²) in [6.45, 7) is 5.24. The lowest BCUT2D eigenvalue weighted by molar-refractivity contribution is -0.130. The molecule has 1 N–H and O–H groups in total. The highest BCUT2D eigenvalue weighted by Crippen LogP contribution is 2.33. The van der Waals surface area contributed by atoms with Crippen LogP contribution in [0.5, 0.6) is 0 Å². The van der Waals surface area contributed by atoms with Gasteiger partial charge >= 0.3 is 0 Å². The van der Waals surface area contributed by atoms with Crippen LogP contribution in [0.3, 0.4) is 0 Å². The van der Waals surface area contributed by atoms with Crippen LogP contribution in [-0.4, -0.2) is 23.4 Å². The molecular formula is C16H24N2OS. The number of amides is 1. The maximum Gasteiger partial charge on any atom is 0.241 e. The highest BCUT2D eigenvalue weighted by Gasteiger charge is 2.38. The van der Waals surface area contributed by atoms with E-state index >= 15 is 0 Å². The Morgan fingerprint density at radius 1 is 1.30 bits per heavy atom. The zero-order chi connectivity index (χ0) is 14.1. The largest absolute Gasteiger partial charge is 0.321 e. The van der Waals surface area contributed by atoms with Gasteiger partial charge in [-0.1, -0.05) is 19.8 Å². The standard InChI is InChI=1S/C16H24N2OS/c1-11-3-5-13(6-4-11)9-18-15(14-7-8-20-10-14)17-12(2)16(18)19/h7-8,10-13,15,17H,3-6,9H2,1-2H3. The molecule has 4 heteroatoms. The van der Waals surface area contributed by atoms with Gasteiger partial charge in [0, 0.05) is 6.54 Å². The van der Waals surface area contributed by atoms with Crippen molar-refractivity contribution in [3.63, 3.8) is 0 Å². The number of carbonyl (C=O) groups excluding carboxylic acids is 1. The lowest BCUT2D eigenvalue weighted by Gasteiger charge is -2.32. The van der Waals surface area contributed by atoms with Crippen molar-refractivity contribution < 1.29 is 4.79 Å². The fraction of sp³-hybridized carbons (Fsp3) is 0.688. The van der Waals surface area contributed by atoms with E-state index < -0.39 is 0 Å². The number of nitrogens with one attached hydrogen (secondary N) is 1. The maximum atomic E-state index is 12.4. The highest BCUT2D eigenvalue weighted by atomic mass is 32.1. The second kappa shape index (κ2) is 5.86. The molecule has 2 fully saturated rings. The van der Waals surface area contributed by atoms with Crippen LogP contribution in [0.25, 0.3) is 0 Å². The van der Waals surface area contributed by atoms with E-state index in [2.05, 4.69) is 34.0 Å². The van der Waals surface area contributed by atoms with Crippen molar-refractivity contribution in [2.24, 2.45) is 11.8 Å². The van der Waals surface area contributed by atoms with Gasteiger partial charge in [0.2, 0.25) is 5.91 Å². The summed E-state index contributed by atoms with van der Waals surface area (Å²) in [5, 5.41) is 7.68. The average molecular weight is 292 g/mol. The predicted molar refractivity (Wildman–Crippen MR) is 82.5 cm³/mol. The Balaban J connectivity index is 1.70. The van der Waals surface area contributed by atoms with Gasteiger partial charge < -0.3 is 4.90 Å². The predicted octanol–water partition coefficient (Wildman–Crippen LogP) is 3.39. The first-order valence-corrected chi connectivity index (χ1v) is 8.68. The van der Waals surface area contributed by atoms with Gasteiger partial charge in [0.15, 0.2) is 0 Å². The van der Waals surface area contributed by atoms with E-state index in [0.717, 1.165) is 12.5 Å². The monoisotopic (exact) mass is 292 g/mol. The average Bonchev–Trinajstić information content (AvgIpc) is 3.05. The molecule has 1 aromatic heterocycles. The smallest absolute Gasteiger partial charge is 0.241 e. The van der Waals surface area contributed by atoms with Crippen molar-refractivity contribution in [1.29, 1.82) is 0 Å². The molecule has 1 saturated heterocycles. The Morgan fingerprint density at radius 3 is 2.70 bits per heavy atom. The van der Waals surface area contributed by atoms with E-state index in [9.17, 15) is 4.79 Å². The van der Waals surface area contributed by atoms with Crippen LogP contribution in [0.4, 0.5) is 0 Å². The molecule has 3 rings (SSSR count). The third-order valence-corrected chi connectivity index (χ3v) is 5.52. The fourth-order valence-electron chi connectivity index (χ4n) is 3.47. The number of rotatable bonds is 3. The highest BCUT2D eigenvalue weighted by molar-refractivity contribution is 7.07. The molecule has 2 heterocycles. The van der Waals surface area contributed by atoms with E-state index in [-0.39, 0.29) is 18.1 Å². The van der Waals surface area contributed by atoms with Gasteiger partial charge in [0.05, 0.1) is 6.04 Å². The molecule has 0 radical (unpaired) electrons. The van der Waals surface area contributed by atoms with Crippen molar-refractivity contribution in [3.8, 4) is 0 Å². The molecule has 1 aliphatic heterocycles. The van der Waals surface area contributed by atoms with Gasteiger partial charge in [-0.15, -0.1) is 0 Å². The lowest BCUT2D eigenvalue weighted by Crippen LogP contribution is -2.36. The van der Waals surface area contributed by atoms with Crippen molar-refractivity contribution in [2.75, 3.05) is 6.54 Å². The summed E-state index contributed by atoms with van der Waals surface area (Å²) in [5.74, 6) is 1.81. The van der Waals surface area contributed by atoms with Crippen molar-refractivity contribution in [2.45, 2.75) is 51.7 Å². The van der Waals surface area contributed by atoms with E-state index in [4.69, 9.17) is 0 Å². The molecule has 1 saturated carbocycles. The Labute approximate surface area is 125 Å². The Kier molecular flexibility index (Phi) is 4.13. The summed E-state index contributed by atoms with van der Waals surface area (Å²) < 4.78 is 0. The van der Waals surface area contributed by atoms with Crippen LogP contribution in [0, 0.1) is 11.8 Å². The molecule has 20 heavy (non-hydrogen) atoms. The second-order valence-corrected chi connectivity index (χ2v) is 7.24. The molecule has 2 atom stereocenters. The van der Waals surface area contributed by atoms with Crippen molar-refractivity contribution >= 4 is 17.2 Å². The third kappa shape index (κ3) is 2.77. The minimum absolute atomic E-state index is 0.0533. The molecule has 3 nitrogen and oxygen atoms in total. The minimum Gasteiger partial charge on any atom is -0.321 e. The number of thiophene rings is 1. The fourth-order valence-corrected chi connectivity index (χ4v) is 4.14. The summed E-state index contributed by atoms with van der Waals surface area (Å²) in [5.41, 5.74) is 1.23. The summed E-state index contributed by atoms with van der Waals surface area (Å²) in [7, 11) is 0. The van der Waals surface area contributed by atoms with Crippen LogP contribution in [-0.2, 0) is 4.79 Å². The van der Waals surface area contributed by atoms with Crippen LogP contribution >= 0.6 is 11.3 Å². The molecule has 110 valence electrons. The van der Waals surface area contributed by atoms with E-state index in [1.807, 2.05) is 6.92 Å². The Bertz CT molecular complexity index is 451. The van der Waals surface area contributed by atoms with E-state index in [0.29, 0.717) is 5.92 Å². The number of hydrogen-bond donors (Lipinski definition) is 1. The van der Waals surface area contributed by atoms with Crippen LogP contribution < -0.4 is 5.32 Å². The normalized spacial score (nSPS) is 34.7.